The molecule has 20 heavy (non-hydrogen) atoms. The average molecular weight is 306 g/mol. The fourth-order valence-electron chi connectivity index (χ4n) is 1.98. The molecule has 0 bridgehead atoms. The Hall–Kier alpha value is -1.17. The Morgan fingerprint density at radius 2 is 2.10 bits per heavy atom. The average Bonchev–Trinajstić information content (AvgIpc) is 2.34. The van der Waals surface area contributed by atoms with Crippen LogP contribution in [-0.4, -0.2) is 54.2 Å². The first-order valence-electron chi connectivity index (χ1n) is 6.90. The molecule has 1 heterocycles. The van der Waals surface area contributed by atoms with E-state index >= 15 is 0 Å². The number of nitrogens with zero attached hydrogens (tertiary/aromatic N) is 1. The van der Waals surface area contributed by atoms with Crippen LogP contribution >= 0.6 is 11.6 Å². The van der Waals surface area contributed by atoms with Gasteiger partial charge in [-0.2, -0.15) is 0 Å². The van der Waals surface area contributed by atoms with E-state index in [0.717, 1.165) is 12.8 Å². The van der Waals surface area contributed by atoms with Crippen LogP contribution in [0.25, 0.3) is 0 Å². The third-order valence-electron chi connectivity index (χ3n) is 2.79. The number of nitrogens with one attached hydrogen (secondary N) is 2. The van der Waals surface area contributed by atoms with Crippen molar-refractivity contribution < 1.29 is 14.3 Å². The number of likely N-dealkylation sites (tertiary alicyclic amines) is 1. The number of urea groups is 1. The van der Waals surface area contributed by atoms with Gasteiger partial charge in [0.1, 0.15) is 5.60 Å². The van der Waals surface area contributed by atoms with Crippen molar-refractivity contribution in [2.24, 2.45) is 0 Å². The Labute approximate surface area is 125 Å². The molecule has 7 heteroatoms. The Morgan fingerprint density at radius 3 is 2.70 bits per heavy atom. The van der Waals surface area contributed by atoms with Gasteiger partial charge in [-0.25, -0.2) is 9.59 Å². The van der Waals surface area contributed by atoms with Crippen molar-refractivity contribution in [3.63, 3.8) is 0 Å². The van der Waals surface area contributed by atoms with Gasteiger partial charge in [0.2, 0.25) is 0 Å². The number of carbonyl (C=O) groups is 2. The summed E-state index contributed by atoms with van der Waals surface area (Å²) in [6.07, 6.45) is 1.37. The maximum Gasteiger partial charge on any atom is 0.410 e. The van der Waals surface area contributed by atoms with Crippen LogP contribution in [0.3, 0.4) is 0 Å². The second-order valence-corrected chi connectivity index (χ2v) is 6.23. The summed E-state index contributed by atoms with van der Waals surface area (Å²) in [5, 5.41) is 5.49. The molecule has 0 saturated carbocycles. The Bertz CT molecular complexity index is 344. The van der Waals surface area contributed by atoms with Crippen LogP contribution in [0.1, 0.15) is 33.6 Å². The van der Waals surface area contributed by atoms with E-state index in [1.54, 1.807) is 4.90 Å². The fraction of sp³-hybridized carbons (Fsp3) is 0.846. The summed E-state index contributed by atoms with van der Waals surface area (Å²) in [4.78, 5) is 25.2. The first kappa shape index (κ1) is 16.9. The van der Waals surface area contributed by atoms with Gasteiger partial charge in [-0.05, 0) is 33.6 Å². The number of hydrogen-bond acceptors (Lipinski definition) is 3. The van der Waals surface area contributed by atoms with Crippen molar-refractivity contribution in [3.05, 3.63) is 0 Å². The number of ether oxygens (including phenoxy) is 1. The highest BCUT2D eigenvalue weighted by Gasteiger charge is 2.28. The molecule has 0 aliphatic carbocycles. The third-order valence-corrected chi connectivity index (χ3v) is 2.98. The molecule has 0 radical (unpaired) electrons. The first-order chi connectivity index (χ1) is 9.31. The molecule has 3 amide bonds. The van der Waals surface area contributed by atoms with Crippen LogP contribution < -0.4 is 10.6 Å². The van der Waals surface area contributed by atoms with Gasteiger partial charge in [0.05, 0.1) is 0 Å². The Morgan fingerprint density at radius 1 is 1.40 bits per heavy atom. The number of alkyl halides is 1. The fourth-order valence-corrected chi connectivity index (χ4v) is 2.08. The molecule has 6 nitrogen and oxygen atoms in total. The normalized spacial score (nSPS) is 19.4. The minimum Gasteiger partial charge on any atom is -0.444 e. The zero-order valence-corrected chi connectivity index (χ0v) is 13.1. The highest BCUT2D eigenvalue weighted by molar-refractivity contribution is 6.18. The lowest BCUT2D eigenvalue weighted by atomic mass is 10.1. The molecule has 0 aromatic rings. The van der Waals surface area contributed by atoms with E-state index in [2.05, 4.69) is 10.6 Å². The lowest BCUT2D eigenvalue weighted by Gasteiger charge is -2.34. The third kappa shape index (κ3) is 6.32. The molecule has 1 unspecified atom stereocenters. The quantitative estimate of drug-likeness (QED) is 0.783. The lowest BCUT2D eigenvalue weighted by molar-refractivity contribution is 0.0191. The maximum absolute atomic E-state index is 12.0. The van der Waals surface area contributed by atoms with Crippen LogP contribution in [0.15, 0.2) is 0 Å². The predicted molar refractivity (Wildman–Crippen MR) is 78.1 cm³/mol. The predicted octanol–water partition coefficient (Wildman–Crippen LogP) is 1.92. The van der Waals surface area contributed by atoms with Gasteiger partial charge in [0, 0.05) is 31.6 Å². The maximum atomic E-state index is 12.0. The smallest absolute Gasteiger partial charge is 0.410 e. The Kier molecular flexibility index (Phi) is 6.39. The Balaban J connectivity index is 2.42. The monoisotopic (exact) mass is 305 g/mol. The number of carbonyl (C=O) groups excluding carboxylic acids is 2. The lowest BCUT2D eigenvalue weighted by Crippen LogP contribution is -2.52. The molecular formula is C13H24ClN3O3. The summed E-state index contributed by atoms with van der Waals surface area (Å²) in [6.45, 7) is 7.08. The summed E-state index contributed by atoms with van der Waals surface area (Å²) in [6, 6.07) is -0.298. The van der Waals surface area contributed by atoms with Crippen LogP contribution in [0, 0.1) is 0 Å². The standard InChI is InChI=1S/C13H24ClN3O3/c1-13(2,3)20-12(19)17-8-4-5-10(9-17)16-11(18)15-7-6-14/h10H,4-9H2,1-3H3,(H2,15,16,18). The van der Waals surface area contributed by atoms with E-state index in [9.17, 15) is 9.59 Å². The second kappa shape index (κ2) is 7.57. The number of amides is 3. The number of hydrogen-bond donors (Lipinski definition) is 2. The van der Waals surface area contributed by atoms with Gasteiger partial charge < -0.3 is 20.3 Å². The van der Waals surface area contributed by atoms with E-state index in [0.29, 0.717) is 25.5 Å². The van der Waals surface area contributed by atoms with Gasteiger partial charge in [0.15, 0.2) is 0 Å². The van der Waals surface area contributed by atoms with E-state index in [4.69, 9.17) is 16.3 Å². The van der Waals surface area contributed by atoms with Gasteiger partial charge in [0.25, 0.3) is 0 Å². The summed E-state index contributed by atoms with van der Waals surface area (Å²) < 4.78 is 5.34. The van der Waals surface area contributed by atoms with Gasteiger partial charge >= 0.3 is 12.1 Å². The molecule has 1 fully saturated rings. The molecule has 116 valence electrons. The van der Waals surface area contributed by atoms with E-state index in [-0.39, 0.29) is 18.2 Å². The van der Waals surface area contributed by atoms with Crippen molar-refractivity contribution in [1.82, 2.24) is 15.5 Å². The molecule has 0 spiro atoms. The zero-order valence-electron chi connectivity index (χ0n) is 12.4. The number of halogens is 1. The molecule has 0 aromatic heterocycles. The van der Waals surface area contributed by atoms with Crippen LogP contribution in [0.2, 0.25) is 0 Å². The van der Waals surface area contributed by atoms with E-state index in [1.165, 1.54) is 0 Å². The van der Waals surface area contributed by atoms with Crippen LogP contribution in [0.4, 0.5) is 9.59 Å². The summed E-state index contributed by atoms with van der Waals surface area (Å²) in [7, 11) is 0. The van der Waals surface area contributed by atoms with E-state index < -0.39 is 5.60 Å². The summed E-state index contributed by atoms with van der Waals surface area (Å²) in [5.74, 6) is 0.377. The minimum atomic E-state index is -0.505. The molecule has 1 aliphatic heterocycles. The van der Waals surface area contributed by atoms with Gasteiger partial charge in [-0.1, -0.05) is 0 Å². The first-order valence-corrected chi connectivity index (χ1v) is 7.43. The zero-order chi connectivity index (χ0) is 15.2. The van der Waals surface area contributed by atoms with Crippen molar-refractivity contribution in [1.29, 1.82) is 0 Å². The van der Waals surface area contributed by atoms with Crippen molar-refractivity contribution in [3.8, 4) is 0 Å². The molecule has 0 aromatic carbocycles. The second-order valence-electron chi connectivity index (χ2n) is 5.85. The molecule has 1 saturated heterocycles. The summed E-state index contributed by atoms with van der Waals surface area (Å²) >= 11 is 5.50. The summed E-state index contributed by atoms with van der Waals surface area (Å²) in [5.41, 5.74) is -0.505. The minimum absolute atomic E-state index is 0.0495. The number of piperidine rings is 1. The largest absolute Gasteiger partial charge is 0.444 e. The molecule has 1 atom stereocenters. The van der Waals surface area contributed by atoms with Crippen molar-refractivity contribution in [2.45, 2.75) is 45.3 Å². The van der Waals surface area contributed by atoms with Crippen molar-refractivity contribution >= 4 is 23.7 Å². The van der Waals surface area contributed by atoms with Crippen LogP contribution in [-0.2, 0) is 4.74 Å². The van der Waals surface area contributed by atoms with Gasteiger partial charge in [-0.15, -0.1) is 11.6 Å². The topological polar surface area (TPSA) is 70.7 Å². The molecular weight excluding hydrogens is 282 g/mol. The van der Waals surface area contributed by atoms with Crippen molar-refractivity contribution in [2.75, 3.05) is 25.5 Å². The van der Waals surface area contributed by atoms with Crippen LogP contribution in [0.5, 0.6) is 0 Å². The highest BCUT2D eigenvalue weighted by atomic mass is 35.5. The SMILES string of the molecule is CC(C)(C)OC(=O)N1CCCC(NC(=O)NCCCl)C1. The molecule has 2 N–H and O–H groups in total. The molecule has 1 aliphatic rings. The molecule has 1 rings (SSSR count). The van der Waals surface area contributed by atoms with Gasteiger partial charge in [-0.3, -0.25) is 0 Å². The van der Waals surface area contributed by atoms with E-state index in [1.807, 2.05) is 20.8 Å². The number of rotatable bonds is 3. The highest BCUT2D eigenvalue weighted by Crippen LogP contribution is 2.15.